The van der Waals surface area contributed by atoms with Crippen molar-refractivity contribution in [1.29, 1.82) is 0 Å². The number of rotatable bonds is 4. The van der Waals surface area contributed by atoms with Crippen molar-refractivity contribution in [2.24, 2.45) is 4.99 Å². The molecule has 1 heterocycles. The summed E-state index contributed by atoms with van der Waals surface area (Å²) in [4.78, 5) is 8.28. The lowest BCUT2D eigenvalue weighted by atomic mass is 10.2. The fourth-order valence-electron chi connectivity index (χ4n) is 2.93. The Labute approximate surface area is 179 Å². The lowest BCUT2D eigenvalue weighted by Gasteiger charge is -2.39. The zero-order valence-corrected chi connectivity index (χ0v) is 19.8. The lowest BCUT2D eigenvalue weighted by molar-refractivity contribution is 0.353. The Morgan fingerprint density at radius 2 is 2.04 bits per heavy atom. The largest absolute Gasteiger partial charge is 0.375 e. The predicted molar refractivity (Wildman–Crippen MR) is 120 cm³/mol. The van der Waals surface area contributed by atoms with E-state index in [2.05, 4.69) is 10.3 Å². The molecule has 1 aliphatic rings. The summed E-state index contributed by atoms with van der Waals surface area (Å²) in [6.45, 7) is 7.25. The van der Waals surface area contributed by atoms with E-state index in [0.717, 1.165) is 5.56 Å². The van der Waals surface area contributed by atoms with Gasteiger partial charge in [-0.2, -0.15) is 0 Å². The zero-order chi connectivity index (χ0) is 19.5. The fourth-order valence-corrected chi connectivity index (χ4v) is 4.29. The Bertz CT molecular complexity index is 782. The van der Waals surface area contributed by atoms with E-state index >= 15 is 0 Å². The fraction of sp³-hybridized carbons (Fsp3) is 0.611. The van der Waals surface area contributed by atoms with E-state index in [4.69, 9.17) is 0 Å². The van der Waals surface area contributed by atoms with Gasteiger partial charge in [0.1, 0.15) is 5.82 Å². The first-order chi connectivity index (χ1) is 12.1. The van der Waals surface area contributed by atoms with Gasteiger partial charge in [-0.15, -0.1) is 24.0 Å². The third-order valence-electron chi connectivity index (χ3n) is 4.58. The summed E-state index contributed by atoms with van der Waals surface area (Å²) in [5, 5.41) is 3.21. The van der Waals surface area contributed by atoms with Crippen LogP contribution in [-0.4, -0.2) is 63.5 Å². The van der Waals surface area contributed by atoms with Gasteiger partial charge in [0.15, 0.2) is 15.8 Å². The molecule has 1 aliphatic heterocycles. The van der Waals surface area contributed by atoms with Crippen LogP contribution in [0.1, 0.15) is 26.3 Å². The Kier molecular flexibility index (Phi) is 8.33. The minimum absolute atomic E-state index is 0. The van der Waals surface area contributed by atoms with Gasteiger partial charge in [0, 0.05) is 33.7 Å². The molecular weight excluding hydrogens is 482 g/mol. The summed E-state index contributed by atoms with van der Waals surface area (Å²) >= 11 is 0. The number of sulfone groups is 1. The number of guanidine groups is 1. The number of hydrogen-bond acceptors (Lipinski definition) is 4. The van der Waals surface area contributed by atoms with Crippen LogP contribution in [0.4, 0.5) is 10.1 Å². The third-order valence-corrected chi connectivity index (χ3v) is 7.12. The molecule has 0 radical (unpaired) electrons. The van der Waals surface area contributed by atoms with E-state index in [9.17, 15) is 12.8 Å². The molecule has 1 saturated heterocycles. The van der Waals surface area contributed by atoms with E-state index in [1.54, 1.807) is 38.9 Å². The number of aliphatic imine (C=N–C) groups is 1. The Morgan fingerprint density at radius 1 is 1.37 bits per heavy atom. The van der Waals surface area contributed by atoms with Crippen molar-refractivity contribution in [3.05, 3.63) is 29.6 Å². The molecule has 154 valence electrons. The molecule has 0 unspecified atom stereocenters. The van der Waals surface area contributed by atoms with Crippen molar-refractivity contribution in [2.45, 2.75) is 32.1 Å². The van der Waals surface area contributed by atoms with Crippen molar-refractivity contribution in [3.63, 3.8) is 0 Å². The molecule has 1 fully saturated rings. The monoisotopic (exact) mass is 512 g/mol. The van der Waals surface area contributed by atoms with Gasteiger partial charge in [-0.1, -0.05) is 6.07 Å². The molecule has 0 aromatic heterocycles. The summed E-state index contributed by atoms with van der Waals surface area (Å²) in [5.74, 6) is 0.488. The number of halogens is 2. The van der Waals surface area contributed by atoms with Gasteiger partial charge < -0.3 is 15.1 Å². The van der Waals surface area contributed by atoms with Gasteiger partial charge in [-0.05, 0) is 38.5 Å². The Morgan fingerprint density at radius 3 is 2.56 bits per heavy atom. The SMILES string of the molecule is CCNC(=NCc1ccc(N(C)C)c(F)c1)N1CCS(=O)(=O)C(C)(C)C1.I. The summed E-state index contributed by atoms with van der Waals surface area (Å²) in [6, 6.07) is 5.09. The highest BCUT2D eigenvalue weighted by molar-refractivity contribution is 14.0. The number of anilines is 1. The summed E-state index contributed by atoms with van der Waals surface area (Å²) in [5.41, 5.74) is 1.31. The second-order valence-electron chi connectivity index (χ2n) is 7.35. The van der Waals surface area contributed by atoms with Crippen molar-refractivity contribution < 1.29 is 12.8 Å². The number of benzene rings is 1. The highest BCUT2D eigenvalue weighted by Crippen LogP contribution is 2.24. The van der Waals surface area contributed by atoms with Crippen LogP contribution in [0, 0.1) is 5.82 Å². The highest BCUT2D eigenvalue weighted by Gasteiger charge is 2.40. The Hall–Kier alpha value is -1.10. The van der Waals surface area contributed by atoms with Crippen LogP contribution in [0.2, 0.25) is 0 Å². The summed E-state index contributed by atoms with van der Waals surface area (Å²) < 4.78 is 37.7. The Balaban J connectivity index is 0.00000364. The molecule has 1 aromatic rings. The molecule has 0 amide bonds. The first-order valence-corrected chi connectivity index (χ1v) is 10.4. The predicted octanol–water partition coefficient (Wildman–Crippen LogP) is 2.48. The maximum absolute atomic E-state index is 14.1. The molecule has 0 atom stereocenters. The van der Waals surface area contributed by atoms with Crippen molar-refractivity contribution >= 4 is 45.5 Å². The number of nitrogens with one attached hydrogen (secondary N) is 1. The molecule has 0 saturated carbocycles. The molecule has 1 aromatic carbocycles. The third kappa shape index (κ3) is 5.69. The van der Waals surface area contributed by atoms with Gasteiger partial charge in [0.25, 0.3) is 0 Å². The van der Waals surface area contributed by atoms with Crippen LogP contribution < -0.4 is 10.2 Å². The quantitative estimate of drug-likeness (QED) is 0.382. The molecule has 2 rings (SSSR count). The van der Waals surface area contributed by atoms with Crippen molar-refractivity contribution in [3.8, 4) is 0 Å². The topological polar surface area (TPSA) is 65.0 Å². The lowest BCUT2D eigenvalue weighted by Crippen LogP contribution is -2.57. The molecule has 0 bridgehead atoms. The molecular formula is C18H30FIN4O2S. The van der Waals surface area contributed by atoms with Gasteiger partial charge in [-0.3, -0.25) is 0 Å². The second-order valence-corrected chi connectivity index (χ2v) is 10.1. The van der Waals surface area contributed by atoms with E-state index in [0.29, 0.717) is 37.8 Å². The first kappa shape index (κ1) is 23.9. The number of nitrogens with zero attached hydrogens (tertiary/aromatic N) is 3. The van der Waals surface area contributed by atoms with E-state index in [-0.39, 0.29) is 35.5 Å². The minimum atomic E-state index is -3.11. The van der Waals surface area contributed by atoms with Gasteiger partial charge >= 0.3 is 0 Å². The zero-order valence-electron chi connectivity index (χ0n) is 16.6. The first-order valence-electron chi connectivity index (χ1n) is 8.78. The van der Waals surface area contributed by atoms with Crippen LogP contribution in [0.5, 0.6) is 0 Å². The smallest absolute Gasteiger partial charge is 0.194 e. The highest BCUT2D eigenvalue weighted by atomic mass is 127. The maximum atomic E-state index is 14.1. The molecule has 6 nitrogen and oxygen atoms in total. The maximum Gasteiger partial charge on any atom is 0.194 e. The number of hydrogen-bond donors (Lipinski definition) is 1. The van der Waals surface area contributed by atoms with Crippen LogP contribution in [-0.2, 0) is 16.4 Å². The second kappa shape index (κ2) is 9.40. The van der Waals surface area contributed by atoms with Crippen LogP contribution in [0.3, 0.4) is 0 Å². The van der Waals surface area contributed by atoms with Gasteiger partial charge in [-0.25, -0.2) is 17.8 Å². The molecule has 27 heavy (non-hydrogen) atoms. The van der Waals surface area contributed by atoms with E-state index in [1.807, 2.05) is 17.9 Å². The van der Waals surface area contributed by atoms with Crippen molar-refractivity contribution in [2.75, 3.05) is 44.4 Å². The normalized spacial score (nSPS) is 18.6. The van der Waals surface area contributed by atoms with Gasteiger partial charge in [0.2, 0.25) is 0 Å². The average Bonchev–Trinajstić information content (AvgIpc) is 2.54. The summed E-state index contributed by atoms with van der Waals surface area (Å²) in [7, 11) is 0.488. The standard InChI is InChI=1S/C18H29FN4O2S.HI/c1-6-20-17(23-9-10-26(24,25)18(2,3)13-23)21-12-14-7-8-16(22(4)5)15(19)11-14;/h7-8,11H,6,9-10,12-13H2,1-5H3,(H,20,21);1H. The molecule has 1 N–H and O–H groups in total. The van der Waals surface area contributed by atoms with Gasteiger partial charge in [0.05, 0.1) is 22.7 Å². The van der Waals surface area contributed by atoms with Crippen LogP contribution >= 0.6 is 24.0 Å². The van der Waals surface area contributed by atoms with E-state index in [1.165, 1.54) is 6.07 Å². The minimum Gasteiger partial charge on any atom is -0.375 e. The summed E-state index contributed by atoms with van der Waals surface area (Å²) in [6.07, 6.45) is 0. The molecule has 9 heteroatoms. The van der Waals surface area contributed by atoms with E-state index < -0.39 is 14.6 Å². The van der Waals surface area contributed by atoms with Crippen LogP contribution in [0.15, 0.2) is 23.2 Å². The van der Waals surface area contributed by atoms with Crippen molar-refractivity contribution in [1.82, 2.24) is 10.2 Å². The molecule has 0 aliphatic carbocycles. The average molecular weight is 512 g/mol. The van der Waals surface area contributed by atoms with Crippen LogP contribution in [0.25, 0.3) is 0 Å². The molecule has 0 spiro atoms.